The monoisotopic (exact) mass is 276 g/mol. The second kappa shape index (κ2) is 6.63. The van der Waals surface area contributed by atoms with Gasteiger partial charge in [0.2, 0.25) is 6.08 Å². The molecule has 0 aromatic heterocycles. The van der Waals surface area contributed by atoms with Gasteiger partial charge in [-0.05, 0) is 17.5 Å². The van der Waals surface area contributed by atoms with E-state index in [0.717, 1.165) is 11.0 Å². The Morgan fingerprint density at radius 1 is 1.25 bits per heavy atom. The molecule has 6 heteroatoms. The molecule has 6 nitrogen and oxygen atoms in total. The smallest absolute Gasteiger partial charge is 0.410 e. The third-order valence-electron chi connectivity index (χ3n) is 2.17. The predicted octanol–water partition coefficient (Wildman–Crippen LogP) is 2.99. The molecule has 0 saturated carbocycles. The highest BCUT2D eigenvalue weighted by atomic mass is 16.6. The largest absolute Gasteiger partial charge is 0.423 e. The molecule has 1 rings (SSSR count). The van der Waals surface area contributed by atoms with Crippen LogP contribution < -0.4 is 4.74 Å². The molecule has 0 aliphatic heterocycles. The molecule has 3 amide bonds. The zero-order valence-corrected chi connectivity index (χ0v) is 11.6. The number of hydrogen-bond acceptors (Lipinski definition) is 4. The Hall–Kier alpha value is -2.46. The SMILES string of the molecule is CC(C)(C)CN(C(=O)N=C=O)C(=O)Oc1ccccc1. The van der Waals surface area contributed by atoms with Crippen molar-refractivity contribution in [1.82, 2.24) is 4.90 Å². The number of rotatable bonds is 2. The van der Waals surface area contributed by atoms with Gasteiger partial charge in [0.15, 0.2) is 0 Å². The van der Waals surface area contributed by atoms with Crippen molar-refractivity contribution in [2.45, 2.75) is 20.8 Å². The first-order valence-electron chi connectivity index (χ1n) is 6.00. The van der Waals surface area contributed by atoms with E-state index in [4.69, 9.17) is 4.74 Å². The minimum absolute atomic E-state index is 0.0721. The average molecular weight is 276 g/mol. The van der Waals surface area contributed by atoms with Gasteiger partial charge in [0, 0.05) is 6.54 Å². The van der Waals surface area contributed by atoms with Gasteiger partial charge in [-0.1, -0.05) is 39.0 Å². The van der Waals surface area contributed by atoms with Crippen LogP contribution in [0.25, 0.3) is 0 Å². The molecule has 1 aromatic rings. The van der Waals surface area contributed by atoms with E-state index in [1.807, 2.05) is 20.8 Å². The van der Waals surface area contributed by atoms with E-state index < -0.39 is 12.1 Å². The van der Waals surface area contributed by atoms with Crippen LogP contribution in [0.5, 0.6) is 5.75 Å². The van der Waals surface area contributed by atoms with E-state index >= 15 is 0 Å². The van der Waals surface area contributed by atoms with Gasteiger partial charge in [-0.25, -0.2) is 19.3 Å². The van der Waals surface area contributed by atoms with Gasteiger partial charge in [-0.15, -0.1) is 4.99 Å². The number of urea groups is 1. The van der Waals surface area contributed by atoms with Crippen molar-refractivity contribution in [3.8, 4) is 5.75 Å². The van der Waals surface area contributed by atoms with E-state index in [1.54, 1.807) is 30.3 Å². The summed E-state index contributed by atoms with van der Waals surface area (Å²) in [5, 5.41) is 0. The zero-order chi connectivity index (χ0) is 15.2. The first-order valence-corrected chi connectivity index (χ1v) is 6.00. The molecule has 0 saturated heterocycles. The highest BCUT2D eigenvalue weighted by Gasteiger charge is 2.28. The fourth-order valence-corrected chi connectivity index (χ4v) is 1.43. The molecule has 106 valence electrons. The number of amides is 3. The molecule has 0 unspecified atom stereocenters. The molecule has 1 aromatic carbocycles. The van der Waals surface area contributed by atoms with Crippen LogP contribution >= 0.6 is 0 Å². The number of ether oxygens (including phenoxy) is 1. The van der Waals surface area contributed by atoms with E-state index in [1.165, 1.54) is 0 Å². The van der Waals surface area contributed by atoms with Crippen molar-refractivity contribution in [2.24, 2.45) is 10.4 Å². The van der Waals surface area contributed by atoms with E-state index in [2.05, 4.69) is 4.99 Å². The number of benzene rings is 1. The topological polar surface area (TPSA) is 76.0 Å². The van der Waals surface area contributed by atoms with Crippen LogP contribution in [0.3, 0.4) is 0 Å². The standard InChI is InChI=1S/C14H16N2O4/c1-14(2,3)9-16(12(18)15-10-17)13(19)20-11-7-5-4-6-8-11/h4-8H,9H2,1-3H3. The van der Waals surface area contributed by atoms with E-state index in [9.17, 15) is 14.4 Å². The van der Waals surface area contributed by atoms with Gasteiger partial charge < -0.3 is 4.74 Å². The quantitative estimate of drug-likeness (QED) is 0.614. The molecule has 0 atom stereocenters. The molecular weight excluding hydrogens is 260 g/mol. The first kappa shape index (κ1) is 15.6. The summed E-state index contributed by atoms with van der Waals surface area (Å²) >= 11 is 0. The summed E-state index contributed by atoms with van der Waals surface area (Å²) < 4.78 is 5.07. The van der Waals surface area contributed by atoms with Crippen molar-refractivity contribution in [1.29, 1.82) is 0 Å². The second-order valence-electron chi connectivity index (χ2n) is 5.31. The Bertz CT molecular complexity index is 528. The Morgan fingerprint density at radius 2 is 1.85 bits per heavy atom. The maximum Gasteiger partial charge on any atom is 0.423 e. The molecule has 0 spiro atoms. The van der Waals surface area contributed by atoms with Crippen LogP contribution in [-0.4, -0.2) is 29.6 Å². The molecular formula is C14H16N2O4. The molecule has 0 fully saturated rings. The van der Waals surface area contributed by atoms with E-state index in [-0.39, 0.29) is 12.0 Å². The van der Waals surface area contributed by atoms with Gasteiger partial charge in [-0.3, -0.25) is 0 Å². The molecule has 0 heterocycles. The van der Waals surface area contributed by atoms with Gasteiger partial charge in [-0.2, -0.15) is 0 Å². The molecule has 0 aliphatic carbocycles. The maximum atomic E-state index is 12.0. The van der Waals surface area contributed by atoms with Gasteiger partial charge >= 0.3 is 12.1 Å². The van der Waals surface area contributed by atoms with Crippen molar-refractivity contribution >= 4 is 18.2 Å². The molecule has 0 radical (unpaired) electrons. The zero-order valence-electron chi connectivity index (χ0n) is 11.6. The highest BCUT2D eigenvalue weighted by Crippen LogP contribution is 2.18. The van der Waals surface area contributed by atoms with Gasteiger partial charge in [0.25, 0.3) is 0 Å². The van der Waals surface area contributed by atoms with Crippen LogP contribution in [0.2, 0.25) is 0 Å². The van der Waals surface area contributed by atoms with Gasteiger partial charge in [0.1, 0.15) is 5.75 Å². The number of nitrogens with zero attached hydrogens (tertiary/aromatic N) is 2. The minimum Gasteiger partial charge on any atom is -0.410 e. The number of isocyanates is 1. The predicted molar refractivity (Wildman–Crippen MR) is 72.1 cm³/mol. The van der Waals surface area contributed by atoms with Crippen molar-refractivity contribution in [3.63, 3.8) is 0 Å². The lowest BCUT2D eigenvalue weighted by atomic mass is 9.96. The van der Waals surface area contributed by atoms with Gasteiger partial charge in [0.05, 0.1) is 0 Å². The summed E-state index contributed by atoms with van der Waals surface area (Å²) in [6.45, 7) is 5.60. The van der Waals surface area contributed by atoms with Crippen LogP contribution in [0.15, 0.2) is 35.3 Å². The Kier molecular flexibility index (Phi) is 5.17. The van der Waals surface area contributed by atoms with Crippen LogP contribution in [0.1, 0.15) is 20.8 Å². The Labute approximate surface area is 117 Å². The minimum atomic E-state index is -0.990. The fourth-order valence-electron chi connectivity index (χ4n) is 1.43. The maximum absolute atomic E-state index is 12.0. The lowest BCUT2D eigenvalue weighted by Gasteiger charge is -2.25. The van der Waals surface area contributed by atoms with Crippen LogP contribution in [-0.2, 0) is 4.79 Å². The van der Waals surface area contributed by atoms with Crippen molar-refractivity contribution in [2.75, 3.05) is 6.54 Å². The summed E-state index contributed by atoms with van der Waals surface area (Å²) in [5.41, 5.74) is -0.357. The molecule has 0 aliphatic rings. The Morgan fingerprint density at radius 3 is 2.35 bits per heavy atom. The summed E-state index contributed by atoms with van der Waals surface area (Å²) in [6, 6.07) is 7.34. The van der Waals surface area contributed by atoms with E-state index in [0.29, 0.717) is 5.75 Å². The number of aliphatic imine (C=N–C) groups is 1. The summed E-state index contributed by atoms with van der Waals surface area (Å²) in [5.74, 6) is 0.305. The number of carbonyl (C=O) groups is 2. The lowest BCUT2D eigenvalue weighted by molar-refractivity contribution is 0.142. The number of hydrogen-bond donors (Lipinski definition) is 0. The summed E-state index contributed by atoms with van der Waals surface area (Å²) in [7, 11) is 0. The molecule has 0 bridgehead atoms. The third kappa shape index (κ3) is 5.04. The number of imide groups is 1. The molecule has 20 heavy (non-hydrogen) atoms. The average Bonchev–Trinajstić information content (AvgIpc) is 2.36. The third-order valence-corrected chi connectivity index (χ3v) is 2.17. The second-order valence-corrected chi connectivity index (χ2v) is 5.31. The Balaban J connectivity index is 2.89. The first-order chi connectivity index (χ1) is 9.33. The summed E-state index contributed by atoms with van der Waals surface area (Å²) in [6.07, 6.45) is 0.249. The fraction of sp³-hybridized carbons (Fsp3) is 0.357. The van der Waals surface area contributed by atoms with Crippen LogP contribution in [0, 0.1) is 5.41 Å². The molecule has 0 N–H and O–H groups in total. The van der Waals surface area contributed by atoms with Crippen LogP contribution in [0.4, 0.5) is 9.59 Å². The highest BCUT2D eigenvalue weighted by molar-refractivity contribution is 5.94. The number of para-hydroxylation sites is 1. The van der Waals surface area contributed by atoms with Crippen molar-refractivity contribution < 1.29 is 19.1 Å². The normalized spacial score (nSPS) is 10.3. The summed E-state index contributed by atoms with van der Waals surface area (Å²) in [4.78, 5) is 37.6. The lowest BCUT2D eigenvalue weighted by Crippen LogP contribution is -2.42. The van der Waals surface area contributed by atoms with Crippen molar-refractivity contribution in [3.05, 3.63) is 30.3 Å². The number of carbonyl (C=O) groups excluding carboxylic acids is 3.